The zero-order valence-corrected chi connectivity index (χ0v) is 15.1. The molecule has 3 rings (SSSR count). The normalized spacial score (nSPS) is 19.5. The summed E-state index contributed by atoms with van der Waals surface area (Å²) >= 11 is 0. The molecule has 0 bridgehead atoms. The van der Waals surface area contributed by atoms with Gasteiger partial charge in [0, 0.05) is 62.9 Å². The number of aliphatic hydroxyl groups excluding tert-OH is 1. The highest BCUT2D eigenvalue weighted by Gasteiger charge is 2.39. The van der Waals surface area contributed by atoms with E-state index < -0.39 is 5.78 Å². The molecule has 0 radical (unpaired) electrons. The number of allylic oxidation sites excluding steroid dienone is 6. The summed E-state index contributed by atoms with van der Waals surface area (Å²) in [5, 5.41) is 20.6. The van der Waals surface area contributed by atoms with Gasteiger partial charge in [-0.2, -0.15) is 0 Å². The molecule has 2 aliphatic carbocycles. The summed E-state index contributed by atoms with van der Waals surface area (Å²) < 4.78 is 0. The standard InChI is InChI=1S/C20H20N2O4/c1-21(2)11-5-7-13(15(23)9-11)17-19(25)18(20(17)26)14-8-6-12(22(3)4)10-16(14)24/h5-10,23,25H,1-4H3. The average molecular weight is 352 g/mol. The molecule has 0 saturated carbocycles. The van der Waals surface area contributed by atoms with E-state index in [2.05, 4.69) is 0 Å². The van der Waals surface area contributed by atoms with Gasteiger partial charge in [0.15, 0.2) is 5.78 Å². The maximum absolute atomic E-state index is 12.6. The zero-order chi connectivity index (χ0) is 19.2. The highest BCUT2D eigenvalue weighted by atomic mass is 16.3. The smallest absolute Gasteiger partial charge is 0.202 e. The Hall–Kier alpha value is -3.28. The van der Waals surface area contributed by atoms with E-state index in [1.807, 2.05) is 33.1 Å². The Morgan fingerprint density at radius 1 is 0.885 bits per heavy atom. The number of rotatable bonds is 3. The van der Waals surface area contributed by atoms with Gasteiger partial charge in [-0.15, -0.1) is 0 Å². The lowest BCUT2D eigenvalue weighted by molar-refractivity contribution is -0.114. The fourth-order valence-electron chi connectivity index (χ4n) is 2.91. The van der Waals surface area contributed by atoms with Crippen molar-refractivity contribution in [1.82, 2.24) is 4.90 Å². The fourth-order valence-corrected chi connectivity index (χ4v) is 2.91. The van der Waals surface area contributed by atoms with Crippen LogP contribution in [0.1, 0.15) is 5.56 Å². The summed E-state index contributed by atoms with van der Waals surface area (Å²) in [4.78, 5) is 28.5. The zero-order valence-electron chi connectivity index (χ0n) is 15.1. The Kier molecular flexibility index (Phi) is 4.20. The molecule has 0 heterocycles. The minimum absolute atomic E-state index is 0.00797. The van der Waals surface area contributed by atoms with Gasteiger partial charge in [-0.25, -0.2) is 0 Å². The second-order valence-electron chi connectivity index (χ2n) is 6.60. The van der Waals surface area contributed by atoms with Gasteiger partial charge < -0.3 is 20.0 Å². The van der Waals surface area contributed by atoms with Gasteiger partial charge in [-0.3, -0.25) is 9.59 Å². The lowest BCUT2D eigenvalue weighted by Gasteiger charge is -2.25. The third kappa shape index (κ3) is 2.69. The number of likely N-dealkylation sites (N-methyl/N-ethyl adjacent to an activating group) is 1. The lowest BCUT2D eigenvalue weighted by atomic mass is 9.79. The molecule has 2 aliphatic rings. The largest absolute Gasteiger partial charge is 0.507 e. The van der Waals surface area contributed by atoms with Gasteiger partial charge in [0.1, 0.15) is 11.5 Å². The molecule has 0 unspecified atom stereocenters. The number of carbonyl (C=O) groups excluding carboxylic acids is 2. The summed E-state index contributed by atoms with van der Waals surface area (Å²) in [7, 11) is 7.29. The number of aromatic hydroxyl groups is 1. The van der Waals surface area contributed by atoms with E-state index in [0.717, 1.165) is 5.69 Å². The molecule has 0 atom stereocenters. The predicted octanol–water partition coefficient (Wildman–Crippen LogP) is 2.19. The van der Waals surface area contributed by atoms with Gasteiger partial charge >= 0.3 is 0 Å². The molecule has 0 saturated heterocycles. The van der Waals surface area contributed by atoms with Crippen molar-refractivity contribution < 1.29 is 19.8 Å². The Labute approximate surface area is 151 Å². The number of carbonyl (C=O) groups is 2. The van der Waals surface area contributed by atoms with E-state index >= 15 is 0 Å². The van der Waals surface area contributed by atoms with Crippen molar-refractivity contribution in [2.75, 3.05) is 33.1 Å². The van der Waals surface area contributed by atoms with E-state index in [1.165, 1.54) is 18.2 Å². The Morgan fingerprint density at radius 3 is 2.08 bits per heavy atom. The molecule has 1 aromatic carbocycles. The maximum Gasteiger partial charge on any atom is 0.202 e. The van der Waals surface area contributed by atoms with Crippen LogP contribution in [0.3, 0.4) is 0 Å². The number of anilines is 1. The van der Waals surface area contributed by atoms with Gasteiger partial charge in [0.05, 0.1) is 11.1 Å². The number of ketones is 2. The molecule has 2 N–H and O–H groups in total. The highest BCUT2D eigenvalue weighted by Crippen LogP contribution is 2.42. The first kappa shape index (κ1) is 17.5. The molecule has 0 fully saturated rings. The van der Waals surface area contributed by atoms with E-state index in [0.29, 0.717) is 5.70 Å². The van der Waals surface area contributed by atoms with Gasteiger partial charge in [-0.05, 0) is 24.3 Å². The Balaban J connectivity index is 2.02. The topological polar surface area (TPSA) is 81.1 Å². The molecule has 1 aromatic rings. The molecular formula is C20H20N2O4. The highest BCUT2D eigenvalue weighted by molar-refractivity contribution is 6.41. The second-order valence-corrected chi connectivity index (χ2v) is 6.60. The number of benzene rings is 1. The first-order chi connectivity index (χ1) is 12.2. The molecule has 6 nitrogen and oxygen atoms in total. The summed E-state index contributed by atoms with van der Waals surface area (Å²) in [6, 6.07) is 4.84. The lowest BCUT2D eigenvalue weighted by Crippen LogP contribution is -2.26. The minimum atomic E-state index is -0.454. The maximum atomic E-state index is 12.6. The van der Waals surface area contributed by atoms with Crippen LogP contribution in [-0.4, -0.2) is 54.9 Å². The van der Waals surface area contributed by atoms with Gasteiger partial charge in [-0.1, -0.05) is 0 Å². The van der Waals surface area contributed by atoms with Crippen LogP contribution in [0.4, 0.5) is 5.69 Å². The summed E-state index contributed by atoms with van der Waals surface area (Å²) in [6.07, 6.45) is 4.67. The van der Waals surface area contributed by atoms with Crippen LogP contribution in [0.15, 0.2) is 59.0 Å². The van der Waals surface area contributed by atoms with E-state index in [1.54, 1.807) is 23.1 Å². The van der Waals surface area contributed by atoms with Crippen molar-refractivity contribution in [3.8, 4) is 5.75 Å². The first-order valence-corrected chi connectivity index (χ1v) is 8.07. The third-order valence-electron chi connectivity index (χ3n) is 4.45. The Bertz CT molecular complexity index is 947. The number of Topliss-reactive ketones (excluding diaryl/α,β-unsaturated/α-hetero) is 1. The fraction of sp³-hybridized carbons (Fsp3) is 0.200. The number of phenols is 1. The van der Waals surface area contributed by atoms with Crippen LogP contribution in [-0.2, 0) is 9.59 Å². The molecular weight excluding hydrogens is 332 g/mol. The van der Waals surface area contributed by atoms with Crippen LogP contribution >= 0.6 is 0 Å². The van der Waals surface area contributed by atoms with Crippen LogP contribution in [0, 0.1) is 0 Å². The quantitative estimate of drug-likeness (QED) is 0.812. The van der Waals surface area contributed by atoms with Crippen LogP contribution in [0.5, 0.6) is 5.75 Å². The monoisotopic (exact) mass is 352 g/mol. The van der Waals surface area contributed by atoms with E-state index in [-0.39, 0.29) is 39.6 Å². The molecule has 26 heavy (non-hydrogen) atoms. The van der Waals surface area contributed by atoms with Crippen molar-refractivity contribution in [1.29, 1.82) is 0 Å². The number of nitrogens with zero attached hydrogens (tertiary/aromatic N) is 2. The van der Waals surface area contributed by atoms with Crippen LogP contribution in [0.2, 0.25) is 0 Å². The summed E-state index contributed by atoms with van der Waals surface area (Å²) in [5.41, 5.74) is 1.91. The van der Waals surface area contributed by atoms with E-state index in [4.69, 9.17) is 0 Å². The average Bonchev–Trinajstić information content (AvgIpc) is 2.58. The number of phenolic OH excluding ortho intramolecular Hbond substituents is 1. The minimum Gasteiger partial charge on any atom is -0.507 e. The van der Waals surface area contributed by atoms with Crippen molar-refractivity contribution >= 4 is 22.8 Å². The SMILES string of the molecule is CN(C)C1=CC(=O)C(=C2C(=O)C(c3ccc(N(C)C)cc3O)=C2O)C=C1. The summed E-state index contributed by atoms with van der Waals surface area (Å²) in [6.45, 7) is 0. The molecule has 0 aliphatic heterocycles. The Morgan fingerprint density at radius 2 is 1.58 bits per heavy atom. The van der Waals surface area contributed by atoms with Crippen molar-refractivity contribution in [3.63, 3.8) is 0 Å². The van der Waals surface area contributed by atoms with E-state index in [9.17, 15) is 19.8 Å². The molecule has 0 spiro atoms. The van der Waals surface area contributed by atoms with Crippen LogP contribution in [0.25, 0.3) is 5.57 Å². The number of hydrogen-bond donors (Lipinski definition) is 2. The number of aliphatic hydroxyl groups is 1. The van der Waals surface area contributed by atoms with Gasteiger partial charge in [0.2, 0.25) is 5.78 Å². The van der Waals surface area contributed by atoms with Crippen LogP contribution < -0.4 is 4.90 Å². The molecule has 134 valence electrons. The van der Waals surface area contributed by atoms with Crippen molar-refractivity contribution in [3.05, 3.63) is 64.6 Å². The van der Waals surface area contributed by atoms with Crippen molar-refractivity contribution in [2.45, 2.75) is 0 Å². The summed E-state index contributed by atoms with van der Waals surface area (Å²) in [5.74, 6) is -1.16. The third-order valence-corrected chi connectivity index (χ3v) is 4.45. The predicted molar refractivity (Wildman–Crippen MR) is 99.9 cm³/mol. The first-order valence-electron chi connectivity index (χ1n) is 8.07. The molecule has 6 heteroatoms. The number of hydrogen-bond acceptors (Lipinski definition) is 6. The second kappa shape index (κ2) is 6.22. The molecule has 0 aromatic heterocycles. The molecule has 0 amide bonds. The van der Waals surface area contributed by atoms with Crippen molar-refractivity contribution in [2.24, 2.45) is 0 Å². The van der Waals surface area contributed by atoms with Gasteiger partial charge in [0.25, 0.3) is 0 Å².